The van der Waals surface area contributed by atoms with E-state index in [9.17, 15) is 19.5 Å². The van der Waals surface area contributed by atoms with Gasteiger partial charge in [0, 0.05) is 5.56 Å². The molecule has 0 aliphatic carbocycles. The van der Waals surface area contributed by atoms with Crippen LogP contribution in [0.15, 0.2) is 60.7 Å². The van der Waals surface area contributed by atoms with Gasteiger partial charge in [-0.15, -0.1) is 0 Å². The molecule has 136 valence electrons. The highest BCUT2D eigenvalue weighted by atomic mass is 16.5. The fraction of sp³-hybridized carbons (Fsp3) is 0.250. The van der Waals surface area contributed by atoms with Gasteiger partial charge in [-0.25, -0.2) is 9.59 Å². The Labute approximate surface area is 151 Å². The summed E-state index contributed by atoms with van der Waals surface area (Å²) >= 11 is 0. The molecule has 0 aromatic heterocycles. The third-order valence-electron chi connectivity index (χ3n) is 3.77. The van der Waals surface area contributed by atoms with E-state index in [-0.39, 0.29) is 13.0 Å². The van der Waals surface area contributed by atoms with Crippen molar-refractivity contribution >= 4 is 17.8 Å². The number of ether oxygens (including phenoxy) is 1. The lowest BCUT2D eigenvalue weighted by atomic mass is 10.1. The number of aliphatic carboxylic acids is 1. The highest BCUT2D eigenvalue weighted by molar-refractivity contribution is 5.96. The number of carbonyl (C=O) groups is 3. The number of unbranched alkanes of at least 4 members (excludes halogenated alkanes) is 1. The zero-order valence-electron chi connectivity index (χ0n) is 14.3. The summed E-state index contributed by atoms with van der Waals surface area (Å²) in [5, 5.41) is 11.8. The number of carboxylic acid groups (broad SMARTS) is 1. The Morgan fingerprint density at radius 2 is 1.46 bits per heavy atom. The van der Waals surface area contributed by atoms with Crippen LogP contribution in [0.4, 0.5) is 0 Å². The third-order valence-corrected chi connectivity index (χ3v) is 3.77. The number of carbonyl (C=O) groups excluding carboxylic acids is 2. The molecule has 1 unspecified atom stereocenters. The molecule has 6 nitrogen and oxygen atoms in total. The standard InChI is InChI=1S/C20H21NO5/c22-18(15-9-3-1-4-10-15)21-17(19(23)24)13-7-8-14-26-20(25)16-11-5-2-6-12-16/h1-6,9-12,17H,7-8,13-14H2,(H,21,22)(H,23,24). The first-order valence-corrected chi connectivity index (χ1v) is 8.39. The van der Waals surface area contributed by atoms with Gasteiger partial charge in [0.05, 0.1) is 12.2 Å². The molecule has 0 aliphatic rings. The van der Waals surface area contributed by atoms with E-state index < -0.39 is 23.9 Å². The molecule has 0 fully saturated rings. The first-order chi connectivity index (χ1) is 12.6. The summed E-state index contributed by atoms with van der Waals surface area (Å²) in [5.74, 6) is -1.91. The van der Waals surface area contributed by atoms with E-state index in [4.69, 9.17) is 4.74 Å². The van der Waals surface area contributed by atoms with Crippen molar-refractivity contribution in [2.24, 2.45) is 0 Å². The highest BCUT2D eigenvalue weighted by Crippen LogP contribution is 2.07. The van der Waals surface area contributed by atoms with Gasteiger partial charge in [-0.1, -0.05) is 36.4 Å². The van der Waals surface area contributed by atoms with Crippen molar-refractivity contribution in [1.82, 2.24) is 5.32 Å². The summed E-state index contributed by atoms with van der Waals surface area (Å²) in [4.78, 5) is 35.2. The average Bonchev–Trinajstić information content (AvgIpc) is 2.67. The summed E-state index contributed by atoms with van der Waals surface area (Å²) in [7, 11) is 0. The van der Waals surface area contributed by atoms with Gasteiger partial charge in [-0.05, 0) is 43.5 Å². The van der Waals surface area contributed by atoms with Gasteiger partial charge in [-0.2, -0.15) is 0 Å². The minimum atomic E-state index is -1.09. The van der Waals surface area contributed by atoms with Crippen molar-refractivity contribution in [3.63, 3.8) is 0 Å². The number of rotatable bonds is 9. The maximum absolute atomic E-state index is 12.1. The van der Waals surface area contributed by atoms with E-state index in [0.29, 0.717) is 24.0 Å². The van der Waals surface area contributed by atoms with Crippen molar-refractivity contribution in [2.75, 3.05) is 6.61 Å². The van der Waals surface area contributed by atoms with Crippen molar-refractivity contribution in [1.29, 1.82) is 0 Å². The Balaban J connectivity index is 1.72. The lowest BCUT2D eigenvalue weighted by Gasteiger charge is -2.14. The summed E-state index contributed by atoms with van der Waals surface area (Å²) in [6.45, 7) is 0.201. The predicted molar refractivity (Wildman–Crippen MR) is 95.9 cm³/mol. The number of hydrogen-bond donors (Lipinski definition) is 2. The van der Waals surface area contributed by atoms with Crippen LogP contribution in [0.5, 0.6) is 0 Å². The Morgan fingerprint density at radius 1 is 0.885 bits per heavy atom. The molecule has 2 N–H and O–H groups in total. The highest BCUT2D eigenvalue weighted by Gasteiger charge is 2.20. The topological polar surface area (TPSA) is 92.7 Å². The Hall–Kier alpha value is -3.15. The molecular weight excluding hydrogens is 334 g/mol. The minimum absolute atomic E-state index is 0.201. The molecule has 0 radical (unpaired) electrons. The molecular formula is C20H21NO5. The van der Waals surface area contributed by atoms with Crippen LogP contribution in [0, 0.1) is 0 Å². The number of amides is 1. The van der Waals surface area contributed by atoms with E-state index in [2.05, 4.69) is 5.32 Å². The smallest absolute Gasteiger partial charge is 0.338 e. The molecule has 26 heavy (non-hydrogen) atoms. The van der Waals surface area contributed by atoms with Crippen LogP contribution in [0.2, 0.25) is 0 Å². The molecule has 6 heteroatoms. The van der Waals surface area contributed by atoms with Crippen LogP contribution in [-0.2, 0) is 9.53 Å². The number of carboxylic acids is 1. The minimum Gasteiger partial charge on any atom is -0.480 e. The van der Waals surface area contributed by atoms with Crippen LogP contribution in [0.3, 0.4) is 0 Å². The maximum Gasteiger partial charge on any atom is 0.338 e. The quantitative estimate of drug-likeness (QED) is 0.533. The lowest BCUT2D eigenvalue weighted by Crippen LogP contribution is -2.40. The van der Waals surface area contributed by atoms with E-state index in [1.54, 1.807) is 54.6 Å². The molecule has 2 aromatic rings. The van der Waals surface area contributed by atoms with Gasteiger partial charge in [0.2, 0.25) is 0 Å². The van der Waals surface area contributed by atoms with E-state index in [1.165, 1.54) is 0 Å². The number of esters is 1. The molecule has 1 atom stereocenters. The van der Waals surface area contributed by atoms with Gasteiger partial charge in [0.15, 0.2) is 0 Å². The van der Waals surface area contributed by atoms with Crippen LogP contribution in [0.25, 0.3) is 0 Å². The zero-order valence-corrected chi connectivity index (χ0v) is 14.3. The van der Waals surface area contributed by atoms with Crippen molar-refractivity contribution in [3.8, 4) is 0 Å². The van der Waals surface area contributed by atoms with E-state index >= 15 is 0 Å². The van der Waals surface area contributed by atoms with E-state index in [1.807, 2.05) is 6.07 Å². The molecule has 0 saturated heterocycles. The average molecular weight is 355 g/mol. The zero-order chi connectivity index (χ0) is 18.8. The van der Waals surface area contributed by atoms with Crippen molar-refractivity contribution in [2.45, 2.75) is 25.3 Å². The fourth-order valence-corrected chi connectivity index (χ4v) is 2.36. The monoisotopic (exact) mass is 355 g/mol. The van der Waals surface area contributed by atoms with Gasteiger partial charge < -0.3 is 15.2 Å². The van der Waals surface area contributed by atoms with Crippen LogP contribution >= 0.6 is 0 Å². The molecule has 0 aliphatic heterocycles. The SMILES string of the molecule is O=C(NC(CCCCOC(=O)c1ccccc1)C(=O)O)c1ccccc1. The van der Waals surface area contributed by atoms with E-state index in [0.717, 1.165) is 0 Å². The first kappa shape index (κ1) is 19.2. The maximum atomic E-state index is 12.1. The van der Waals surface area contributed by atoms with Crippen molar-refractivity contribution in [3.05, 3.63) is 71.8 Å². The second kappa shape index (κ2) is 9.98. The van der Waals surface area contributed by atoms with Crippen molar-refractivity contribution < 1.29 is 24.2 Å². The van der Waals surface area contributed by atoms with Gasteiger partial charge >= 0.3 is 11.9 Å². The fourth-order valence-electron chi connectivity index (χ4n) is 2.36. The summed E-state index contributed by atoms with van der Waals surface area (Å²) in [6.07, 6.45) is 1.29. The Kier molecular flexibility index (Phi) is 7.36. The second-order valence-corrected chi connectivity index (χ2v) is 5.73. The summed E-state index contributed by atoms with van der Waals surface area (Å²) < 4.78 is 5.15. The molecule has 0 spiro atoms. The van der Waals surface area contributed by atoms with Gasteiger partial charge in [0.25, 0.3) is 5.91 Å². The molecule has 0 heterocycles. The number of nitrogens with one attached hydrogen (secondary N) is 1. The molecule has 0 bridgehead atoms. The molecule has 0 saturated carbocycles. The normalized spacial score (nSPS) is 11.4. The molecule has 2 aromatic carbocycles. The Bertz CT molecular complexity index is 730. The summed E-state index contributed by atoms with van der Waals surface area (Å²) in [6, 6.07) is 16.1. The number of hydrogen-bond acceptors (Lipinski definition) is 4. The lowest BCUT2D eigenvalue weighted by molar-refractivity contribution is -0.139. The molecule has 1 amide bonds. The Morgan fingerprint density at radius 3 is 2.04 bits per heavy atom. The molecule has 2 rings (SSSR count). The van der Waals surface area contributed by atoms with Crippen LogP contribution in [-0.4, -0.2) is 35.6 Å². The third kappa shape index (κ3) is 6.05. The predicted octanol–water partition coefficient (Wildman–Crippen LogP) is 2.90. The largest absolute Gasteiger partial charge is 0.480 e. The van der Waals surface area contributed by atoms with Crippen LogP contribution in [0.1, 0.15) is 40.0 Å². The first-order valence-electron chi connectivity index (χ1n) is 8.39. The van der Waals surface area contributed by atoms with Gasteiger partial charge in [0.1, 0.15) is 6.04 Å². The second-order valence-electron chi connectivity index (χ2n) is 5.73. The number of benzene rings is 2. The van der Waals surface area contributed by atoms with Crippen LogP contribution < -0.4 is 5.32 Å². The van der Waals surface area contributed by atoms with Gasteiger partial charge in [-0.3, -0.25) is 4.79 Å². The summed E-state index contributed by atoms with van der Waals surface area (Å²) in [5.41, 5.74) is 0.890.